The molecule has 0 aliphatic rings. The maximum atomic E-state index is 12.7. The highest BCUT2D eigenvalue weighted by molar-refractivity contribution is 5.87. The molecule has 2 aromatic rings. The molecule has 0 aliphatic carbocycles. The third-order valence-corrected chi connectivity index (χ3v) is 4.22. The molecule has 0 aliphatic heterocycles. The zero-order valence-electron chi connectivity index (χ0n) is 19.0. The maximum absolute atomic E-state index is 12.7. The van der Waals surface area contributed by atoms with Gasteiger partial charge in [0.25, 0.3) is 0 Å². The number of pyridine rings is 1. The zero-order chi connectivity index (χ0) is 23.7. The van der Waals surface area contributed by atoms with Gasteiger partial charge in [-0.15, -0.1) is 0 Å². The van der Waals surface area contributed by atoms with Gasteiger partial charge in [0.05, 0.1) is 12.7 Å². The largest absolute Gasteiger partial charge is 0.489 e. The van der Waals surface area contributed by atoms with Crippen LogP contribution in [0.15, 0.2) is 42.6 Å². The second-order valence-electron chi connectivity index (χ2n) is 8.44. The minimum absolute atomic E-state index is 0.0394. The van der Waals surface area contributed by atoms with E-state index in [0.29, 0.717) is 30.2 Å². The lowest BCUT2D eigenvalue weighted by atomic mass is 10.1. The molecule has 9 nitrogen and oxygen atoms in total. The van der Waals surface area contributed by atoms with Gasteiger partial charge in [-0.05, 0) is 57.0 Å². The predicted molar refractivity (Wildman–Crippen MR) is 122 cm³/mol. The number of ether oxygens (including phenoxy) is 2. The Morgan fingerprint density at radius 2 is 1.88 bits per heavy atom. The molecule has 9 heteroatoms. The summed E-state index contributed by atoms with van der Waals surface area (Å²) in [6, 6.07) is 10.7. The van der Waals surface area contributed by atoms with Gasteiger partial charge in [0, 0.05) is 19.2 Å². The van der Waals surface area contributed by atoms with Crippen LogP contribution in [0.5, 0.6) is 5.75 Å². The topological polar surface area (TPSA) is 127 Å². The van der Waals surface area contributed by atoms with Gasteiger partial charge in [-0.3, -0.25) is 4.79 Å². The number of nitrogens with one attached hydrogen (secondary N) is 1. The number of rotatable bonds is 9. The van der Waals surface area contributed by atoms with Crippen molar-refractivity contribution in [3.63, 3.8) is 0 Å². The number of aromatic nitrogens is 1. The van der Waals surface area contributed by atoms with Crippen LogP contribution in [-0.4, -0.2) is 58.4 Å². The number of hydrogen-bond donors (Lipinski definition) is 3. The number of amides is 2. The van der Waals surface area contributed by atoms with E-state index in [1.165, 1.54) is 18.0 Å². The molecule has 0 bridgehead atoms. The number of benzene rings is 1. The normalized spacial score (nSPS) is 12.0. The van der Waals surface area contributed by atoms with E-state index < -0.39 is 17.8 Å². The lowest BCUT2D eigenvalue weighted by Gasteiger charge is -2.29. The molecule has 0 fully saturated rings. The van der Waals surface area contributed by atoms with E-state index in [0.717, 1.165) is 5.56 Å². The summed E-state index contributed by atoms with van der Waals surface area (Å²) >= 11 is 0. The highest BCUT2D eigenvalue weighted by Crippen LogP contribution is 2.14. The van der Waals surface area contributed by atoms with Crippen molar-refractivity contribution in [1.29, 1.82) is 0 Å². The fourth-order valence-corrected chi connectivity index (χ4v) is 2.75. The molecule has 0 saturated heterocycles. The Kier molecular flexibility index (Phi) is 8.83. The first-order valence-corrected chi connectivity index (χ1v) is 10.4. The van der Waals surface area contributed by atoms with E-state index in [-0.39, 0.29) is 19.1 Å². The van der Waals surface area contributed by atoms with Crippen LogP contribution in [-0.2, 0) is 16.0 Å². The number of aliphatic hydroxyl groups is 1. The second kappa shape index (κ2) is 11.3. The first-order valence-electron chi connectivity index (χ1n) is 10.4. The zero-order valence-corrected chi connectivity index (χ0v) is 19.0. The highest BCUT2D eigenvalue weighted by Gasteiger charge is 2.24. The van der Waals surface area contributed by atoms with Gasteiger partial charge in [0.2, 0.25) is 5.91 Å². The minimum atomic E-state index is -0.941. The quantitative estimate of drug-likeness (QED) is 0.508. The summed E-state index contributed by atoms with van der Waals surface area (Å²) in [7, 11) is 0. The summed E-state index contributed by atoms with van der Waals surface area (Å²) in [6.45, 7) is 7.14. The van der Waals surface area contributed by atoms with Crippen molar-refractivity contribution in [1.82, 2.24) is 9.88 Å². The first kappa shape index (κ1) is 24.9. The Balaban J connectivity index is 1.94. The van der Waals surface area contributed by atoms with Gasteiger partial charge in [-0.25, -0.2) is 9.78 Å². The molecule has 4 N–H and O–H groups in total. The summed E-state index contributed by atoms with van der Waals surface area (Å²) in [5.41, 5.74) is 6.76. The minimum Gasteiger partial charge on any atom is -0.489 e. The fraction of sp³-hybridized carbons (Fsp3) is 0.435. The Morgan fingerprint density at radius 1 is 1.19 bits per heavy atom. The van der Waals surface area contributed by atoms with Gasteiger partial charge < -0.3 is 30.5 Å². The number of anilines is 2. The molecule has 1 aromatic heterocycles. The Labute approximate surface area is 188 Å². The molecular weight excluding hydrogens is 412 g/mol. The van der Waals surface area contributed by atoms with E-state index in [4.69, 9.17) is 15.2 Å². The molecule has 174 valence electrons. The molecule has 0 saturated carbocycles. The molecular formula is C23H32N4O5. The fourth-order valence-electron chi connectivity index (χ4n) is 2.75. The Bertz CT molecular complexity index is 879. The smallest absolute Gasteiger partial charge is 0.410 e. The van der Waals surface area contributed by atoms with Crippen LogP contribution < -0.4 is 15.8 Å². The van der Waals surface area contributed by atoms with Crippen LogP contribution in [0, 0.1) is 0 Å². The molecule has 32 heavy (non-hydrogen) atoms. The number of carbonyl (C=O) groups is 2. The monoisotopic (exact) mass is 444 g/mol. The van der Waals surface area contributed by atoms with Crippen molar-refractivity contribution in [2.75, 3.05) is 30.7 Å². The molecule has 0 unspecified atom stereocenters. The molecule has 2 rings (SSSR count). The summed E-state index contributed by atoms with van der Waals surface area (Å²) in [5.74, 6) is 0.621. The summed E-state index contributed by atoms with van der Waals surface area (Å²) in [5, 5.41) is 13.0. The first-order chi connectivity index (χ1) is 15.0. The Hall–Kier alpha value is -3.33. The summed E-state index contributed by atoms with van der Waals surface area (Å²) in [6.07, 6.45) is 0.587. The molecule has 0 radical (unpaired) electrons. The number of nitrogen functional groups attached to an aromatic ring is 1. The van der Waals surface area contributed by atoms with Crippen LogP contribution in [0.25, 0.3) is 0 Å². The third kappa shape index (κ3) is 9.22. The van der Waals surface area contributed by atoms with Crippen molar-refractivity contribution >= 4 is 23.5 Å². The van der Waals surface area contributed by atoms with E-state index in [2.05, 4.69) is 10.3 Å². The van der Waals surface area contributed by atoms with Crippen LogP contribution in [0.1, 0.15) is 33.3 Å². The molecule has 1 atom stereocenters. The number of nitrogens with zero attached hydrogens (tertiary/aromatic N) is 2. The summed E-state index contributed by atoms with van der Waals surface area (Å²) in [4.78, 5) is 29.2. The van der Waals surface area contributed by atoms with Crippen LogP contribution in [0.3, 0.4) is 0 Å². The van der Waals surface area contributed by atoms with E-state index >= 15 is 0 Å². The standard InChI is InChI=1S/C23H32N4O5/c1-16(28)26-21-10-9-20(13-25-21)31-15-19(29)14-27(22(30)32-23(2,3)4)12-11-17-5-7-18(24)8-6-17/h5-10,13,19,29H,11-12,14-15,24H2,1-4H3,(H,25,26,28)/t19-/m0/s1. The third-order valence-electron chi connectivity index (χ3n) is 4.22. The van der Waals surface area contributed by atoms with Crippen molar-refractivity contribution < 1.29 is 24.2 Å². The van der Waals surface area contributed by atoms with Gasteiger partial charge in [0.15, 0.2) is 0 Å². The van der Waals surface area contributed by atoms with Gasteiger partial charge >= 0.3 is 6.09 Å². The Morgan fingerprint density at radius 3 is 2.44 bits per heavy atom. The molecule has 2 amide bonds. The SMILES string of the molecule is CC(=O)Nc1ccc(OC[C@@H](O)CN(CCc2ccc(N)cc2)C(=O)OC(C)(C)C)cn1. The van der Waals surface area contributed by atoms with Gasteiger partial charge in [0.1, 0.15) is 29.9 Å². The summed E-state index contributed by atoms with van der Waals surface area (Å²) < 4.78 is 11.1. The number of hydrogen-bond acceptors (Lipinski definition) is 7. The van der Waals surface area contributed by atoms with Crippen molar-refractivity contribution in [2.24, 2.45) is 0 Å². The lowest BCUT2D eigenvalue weighted by molar-refractivity contribution is -0.114. The molecule has 1 aromatic carbocycles. The van der Waals surface area contributed by atoms with E-state index in [9.17, 15) is 14.7 Å². The van der Waals surface area contributed by atoms with Crippen molar-refractivity contribution in [3.05, 3.63) is 48.2 Å². The molecule has 0 spiro atoms. The van der Waals surface area contributed by atoms with Crippen LogP contribution in [0.2, 0.25) is 0 Å². The molecule has 1 heterocycles. The van der Waals surface area contributed by atoms with Crippen molar-refractivity contribution in [3.8, 4) is 5.75 Å². The van der Waals surface area contributed by atoms with Gasteiger partial charge in [-0.2, -0.15) is 0 Å². The second-order valence-corrected chi connectivity index (χ2v) is 8.44. The average Bonchev–Trinajstić information content (AvgIpc) is 2.70. The van der Waals surface area contributed by atoms with E-state index in [1.54, 1.807) is 45.0 Å². The predicted octanol–water partition coefficient (Wildman–Crippen LogP) is 2.84. The maximum Gasteiger partial charge on any atom is 0.410 e. The number of carbonyl (C=O) groups excluding carboxylic acids is 2. The van der Waals surface area contributed by atoms with Crippen LogP contribution in [0.4, 0.5) is 16.3 Å². The van der Waals surface area contributed by atoms with Crippen molar-refractivity contribution in [2.45, 2.75) is 45.8 Å². The highest BCUT2D eigenvalue weighted by atomic mass is 16.6. The van der Waals surface area contributed by atoms with Crippen LogP contribution >= 0.6 is 0 Å². The van der Waals surface area contributed by atoms with Gasteiger partial charge in [-0.1, -0.05) is 12.1 Å². The van der Waals surface area contributed by atoms with E-state index in [1.807, 2.05) is 12.1 Å². The number of aliphatic hydroxyl groups excluding tert-OH is 1. The number of nitrogens with two attached hydrogens (primary N) is 1. The lowest BCUT2D eigenvalue weighted by Crippen LogP contribution is -2.43. The average molecular weight is 445 g/mol.